The largest absolute Gasteiger partial charge is 0.368 e. The zero-order chi connectivity index (χ0) is 22.6. The Hall–Kier alpha value is -2.91. The van der Waals surface area contributed by atoms with Crippen molar-refractivity contribution in [1.29, 1.82) is 0 Å². The van der Waals surface area contributed by atoms with E-state index in [-0.39, 0.29) is 17.3 Å². The van der Waals surface area contributed by atoms with E-state index >= 15 is 0 Å². The molecule has 2 aliphatic rings. The highest BCUT2D eigenvalue weighted by atomic mass is 32.2. The number of anilines is 1. The zero-order valence-corrected chi connectivity index (χ0v) is 18.7. The summed E-state index contributed by atoms with van der Waals surface area (Å²) >= 11 is 0. The molecule has 0 aromatic heterocycles. The highest BCUT2D eigenvalue weighted by Gasteiger charge is 2.39. The van der Waals surface area contributed by atoms with Gasteiger partial charge in [-0.05, 0) is 37.1 Å². The lowest BCUT2D eigenvalue weighted by molar-refractivity contribution is -0.133. The molecule has 0 saturated carbocycles. The molecule has 4 rings (SSSR count). The fraction of sp³-hybridized carbons (Fsp3) is 0.391. The lowest BCUT2D eigenvalue weighted by Crippen LogP contribution is -2.53. The summed E-state index contributed by atoms with van der Waals surface area (Å²) in [5.41, 5.74) is 1.13. The molecular formula is C23H28N4O4S. The van der Waals surface area contributed by atoms with Crippen LogP contribution in [0.2, 0.25) is 0 Å². The second-order valence-corrected chi connectivity index (χ2v) is 9.90. The smallest absolute Gasteiger partial charge is 0.243 e. The first-order valence-electron chi connectivity index (χ1n) is 10.9. The van der Waals surface area contributed by atoms with Crippen LogP contribution in [0.1, 0.15) is 12.8 Å². The summed E-state index contributed by atoms with van der Waals surface area (Å²) in [6.07, 6.45) is 1.06. The molecule has 0 bridgehead atoms. The molecule has 1 atom stereocenters. The number of nitrogens with one attached hydrogen (secondary N) is 1. The molecule has 9 heteroatoms. The summed E-state index contributed by atoms with van der Waals surface area (Å²) in [5.74, 6) is -0.570. The SMILES string of the molecule is O=C(NCC(=O)N1CCN(c2ccccc2)CC1)C1CCCN1S(=O)(=O)c1ccccc1. The van der Waals surface area contributed by atoms with Crippen LogP contribution in [0.15, 0.2) is 65.6 Å². The van der Waals surface area contributed by atoms with Crippen LogP contribution in [0.3, 0.4) is 0 Å². The van der Waals surface area contributed by atoms with Crippen LogP contribution in [0.4, 0.5) is 5.69 Å². The molecule has 0 radical (unpaired) electrons. The van der Waals surface area contributed by atoms with E-state index in [4.69, 9.17) is 0 Å². The predicted octanol–water partition coefficient (Wildman–Crippen LogP) is 1.30. The third-order valence-corrected chi connectivity index (χ3v) is 7.95. The first-order chi connectivity index (χ1) is 15.5. The predicted molar refractivity (Wildman–Crippen MR) is 122 cm³/mol. The molecule has 0 spiro atoms. The van der Waals surface area contributed by atoms with E-state index < -0.39 is 22.0 Å². The third-order valence-electron chi connectivity index (χ3n) is 6.02. The van der Waals surface area contributed by atoms with Crippen molar-refractivity contribution in [3.05, 3.63) is 60.7 Å². The van der Waals surface area contributed by atoms with Crippen molar-refractivity contribution in [2.45, 2.75) is 23.8 Å². The Morgan fingerprint density at radius 1 is 0.875 bits per heavy atom. The molecule has 1 N–H and O–H groups in total. The van der Waals surface area contributed by atoms with Crippen molar-refractivity contribution < 1.29 is 18.0 Å². The van der Waals surface area contributed by atoms with Gasteiger partial charge in [0.2, 0.25) is 21.8 Å². The summed E-state index contributed by atoms with van der Waals surface area (Å²) in [7, 11) is -3.75. The van der Waals surface area contributed by atoms with Gasteiger partial charge < -0.3 is 15.1 Å². The molecule has 1 unspecified atom stereocenters. The van der Waals surface area contributed by atoms with Gasteiger partial charge in [-0.2, -0.15) is 4.31 Å². The van der Waals surface area contributed by atoms with Crippen molar-refractivity contribution in [3.8, 4) is 0 Å². The number of hydrogen-bond acceptors (Lipinski definition) is 5. The number of nitrogens with zero attached hydrogens (tertiary/aromatic N) is 3. The molecule has 2 saturated heterocycles. The maximum Gasteiger partial charge on any atom is 0.243 e. The minimum Gasteiger partial charge on any atom is -0.368 e. The number of piperazine rings is 1. The van der Waals surface area contributed by atoms with Crippen molar-refractivity contribution in [2.75, 3.05) is 44.2 Å². The Kier molecular flexibility index (Phi) is 6.76. The molecule has 2 amide bonds. The lowest BCUT2D eigenvalue weighted by atomic mass is 10.2. The molecule has 2 heterocycles. The lowest BCUT2D eigenvalue weighted by Gasteiger charge is -2.36. The van der Waals surface area contributed by atoms with Crippen molar-refractivity contribution >= 4 is 27.5 Å². The second-order valence-electron chi connectivity index (χ2n) is 8.01. The van der Waals surface area contributed by atoms with Gasteiger partial charge in [-0.15, -0.1) is 0 Å². The van der Waals surface area contributed by atoms with Crippen LogP contribution in [-0.4, -0.2) is 74.7 Å². The fourth-order valence-electron chi connectivity index (χ4n) is 4.26. The molecule has 32 heavy (non-hydrogen) atoms. The summed E-state index contributed by atoms with van der Waals surface area (Å²) in [6.45, 7) is 2.80. The van der Waals surface area contributed by atoms with Gasteiger partial charge in [0.05, 0.1) is 11.4 Å². The summed E-state index contributed by atoms with van der Waals surface area (Å²) < 4.78 is 27.1. The number of hydrogen-bond donors (Lipinski definition) is 1. The first-order valence-corrected chi connectivity index (χ1v) is 12.3. The highest BCUT2D eigenvalue weighted by Crippen LogP contribution is 2.26. The number of carbonyl (C=O) groups excluding carboxylic acids is 2. The molecule has 8 nitrogen and oxygen atoms in total. The van der Waals surface area contributed by atoms with Crippen molar-refractivity contribution in [2.24, 2.45) is 0 Å². The molecule has 2 fully saturated rings. The number of sulfonamides is 1. The maximum absolute atomic E-state index is 12.9. The summed E-state index contributed by atoms with van der Waals surface area (Å²) in [5, 5.41) is 2.67. The van der Waals surface area contributed by atoms with Crippen LogP contribution >= 0.6 is 0 Å². The normalized spacial score (nSPS) is 19.7. The molecule has 2 aromatic carbocycles. The van der Waals surface area contributed by atoms with Crippen LogP contribution in [-0.2, 0) is 19.6 Å². The Balaban J connectivity index is 1.30. The highest BCUT2D eigenvalue weighted by molar-refractivity contribution is 7.89. The maximum atomic E-state index is 12.9. The Bertz CT molecular complexity index is 1040. The van der Waals surface area contributed by atoms with Gasteiger partial charge in [0.1, 0.15) is 6.04 Å². The minimum atomic E-state index is -3.75. The monoisotopic (exact) mass is 456 g/mol. The number of benzene rings is 2. The minimum absolute atomic E-state index is 0.125. The molecule has 0 aliphatic carbocycles. The van der Waals surface area contributed by atoms with E-state index in [1.54, 1.807) is 23.1 Å². The van der Waals surface area contributed by atoms with Gasteiger partial charge in [0, 0.05) is 38.4 Å². The van der Waals surface area contributed by atoms with E-state index in [2.05, 4.69) is 22.3 Å². The van der Waals surface area contributed by atoms with E-state index in [0.717, 1.165) is 18.8 Å². The van der Waals surface area contributed by atoms with Gasteiger partial charge in [-0.1, -0.05) is 36.4 Å². The zero-order valence-electron chi connectivity index (χ0n) is 17.9. The first kappa shape index (κ1) is 22.3. The number of rotatable bonds is 6. The number of amides is 2. The molecule has 2 aromatic rings. The summed E-state index contributed by atoms with van der Waals surface area (Å²) in [4.78, 5) is 29.5. The van der Waals surface area contributed by atoms with Gasteiger partial charge in [0.25, 0.3) is 0 Å². The van der Waals surface area contributed by atoms with Crippen LogP contribution in [0.25, 0.3) is 0 Å². The van der Waals surface area contributed by atoms with Gasteiger partial charge in [0.15, 0.2) is 0 Å². The van der Waals surface area contributed by atoms with E-state index in [0.29, 0.717) is 32.5 Å². The molecule has 2 aliphatic heterocycles. The average molecular weight is 457 g/mol. The van der Waals surface area contributed by atoms with Crippen LogP contribution < -0.4 is 10.2 Å². The van der Waals surface area contributed by atoms with Gasteiger partial charge in [-0.3, -0.25) is 9.59 Å². The van der Waals surface area contributed by atoms with E-state index in [1.807, 2.05) is 18.2 Å². The molecular weight excluding hydrogens is 428 g/mol. The Morgan fingerprint density at radius 2 is 1.50 bits per heavy atom. The fourth-order valence-corrected chi connectivity index (χ4v) is 5.94. The molecule has 170 valence electrons. The van der Waals surface area contributed by atoms with Crippen molar-refractivity contribution in [1.82, 2.24) is 14.5 Å². The van der Waals surface area contributed by atoms with Gasteiger partial charge >= 0.3 is 0 Å². The van der Waals surface area contributed by atoms with E-state index in [9.17, 15) is 18.0 Å². The Labute approximate surface area is 188 Å². The van der Waals surface area contributed by atoms with Crippen LogP contribution in [0, 0.1) is 0 Å². The van der Waals surface area contributed by atoms with Gasteiger partial charge in [-0.25, -0.2) is 8.42 Å². The van der Waals surface area contributed by atoms with E-state index in [1.165, 1.54) is 16.4 Å². The van der Waals surface area contributed by atoms with Crippen LogP contribution in [0.5, 0.6) is 0 Å². The second kappa shape index (κ2) is 9.70. The number of carbonyl (C=O) groups is 2. The topological polar surface area (TPSA) is 90.0 Å². The quantitative estimate of drug-likeness (QED) is 0.708. The average Bonchev–Trinajstić information content (AvgIpc) is 3.35. The summed E-state index contributed by atoms with van der Waals surface area (Å²) in [6, 6.07) is 17.4. The third kappa shape index (κ3) is 4.78. The van der Waals surface area contributed by atoms with Crippen molar-refractivity contribution in [3.63, 3.8) is 0 Å². The number of para-hydroxylation sites is 1. The standard InChI is InChI=1S/C23H28N4O4S/c28-22(26-16-14-25(15-17-26)19-8-3-1-4-9-19)18-24-23(29)21-12-7-13-27(21)32(30,31)20-10-5-2-6-11-20/h1-6,8-11,21H,7,12-18H2,(H,24,29). The Morgan fingerprint density at radius 3 is 2.16 bits per heavy atom.